The first-order valence-corrected chi connectivity index (χ1v) is 11.5. The van der Waals surface area contributed by atoms with Crippen molar-refractivity contribution in [3.05, 3.63) is 84.4 Å². The molecule has 6 nitrogen and oxygen atoms in total. The van der Waals surface area contributed by atoms with Gasteiger partial charge in [-0.05, 0) is 67.1 Å². The predicted octanol–water partition coefficient (Wildman–Crippen LogP) is 4.94. The molecule has 0 bridgehead atoms. The summed E-state index contributed by atoms with van der Waals surface area (Å²) >= 11 is 0. The molecule has 7 heteroatoms. The van der Waals surface area contributed by atoms with Crippen LogP contribution in [0.5, 0.6) is 5.75 Å². The number of nitrogens with zero attached hydrogens (tertiary/aromatic N) is 1. The predicted molar refractivity (Wildman–Crippen MR) is 123 cm³/mol. The number of sulfonamides is 1. The van der Waals surface area contributed by atoms with E-state index in [-0.39, 0.29) is 10.8 Å². The van der Waals surface area contributed by atoms with Gasteiger partial charge in [-0.25, -0.2) is 8.42 Å². The standard InChI is InChI=1S/C24H26N2O4S/c1-3-4-18-30-22-14-10-19(11-15-22)24(27)25-20-12-16-23(17-13-20)31(28,29)26(2)21-8-6-5-7-9-21/h5-17H,3-4,18H2,1-2H3,(H,25,27). The van der Waals surface area contributed by atoms with Gasteiger partial charge in [0.05, 0.1) is 17.2 Å². The van der Waals surface area contributed by atoms with Crippen LogP contribution < -0.4 is 14.4 Å². The molecule has 0 fully saturated rings. The molecule has 3 aromatic rings. The van der Waals surface area contributed by atoms with Crippen molar-refractivity contribution < 1.29 is 17.9 Å². The first-order valence-electron chi connectivity index (χ1n) is 10.1. The van der Waals surface area contributed by atoms with Gasteiger partial charge in [0.2, 0.25) is 0 Å². The summed E-state index contributed by atoms with van der Waals surface area (Å²) in [6.07, 6.45) is 2.04. The van der Waals surface area contributed by atoms with E-state index < -0.39 is 10.0 Å². The van der Waals surface area contributed by atoms with Crippen LogP contribution >= 0.6 is 0 Å². The van der Waals surface area contributed by atoms with Crippen LogP contribution in [-0.2, 0) is 10.0 Å². The fourth-order valence-corrected chi connectivity index (χ4v) is 4.08. The number of para-hydroxylation sites is 1. The van der Waals surface area contributed by atoms with Gasteiger partial charge in [-0.1, -0.05) is 31.5 Å². The van der Waals surface area contributed by atoms with Gasteiger partial charge in [0.15, 0.2) is 0 Å². The van der Waals surface area contributed by atoms with E-state index in [1.54, 1.807) is 60.7 Å². The summed E-state index contributed by atoms with van der Waals surface area (Å²) in [5.41, 5.74) is 1.57. The lowest BCUT2D eigenvalue weighted by atomic mass is 10.2. The van der Waals surface area contributed by atoms with E-state index in [1.807, 2.05) is 6.07 Å². The molecule has 0 radical (unpaired) electrons. The van der Waals surface area contributed by atoms with Gasteiger partial charge in [-0.15, -0.1) is 0 Å². The molecular weight excluding hydrogens is 412 g/mol. The molecule has 1 N–H and O–H groups in total. The van der Waals surface area contributed by atoms with Gasteiger partial charge in [0.1, 0.15) is 5.75 Å². The number of nitrogens with one attached hydrogen (secondary N) is 1. The van der Waals surface area contributed by atoms with Crippen molar-refractivity contribution in [1.29, 1.82) is 0 Å². The van der Waals surface area contributed by atoms with Crippen molar-refractivity contribution in [2.75, 3.05) is 23.3 Å². The second-order valence-corrected chi connectivity index (χ2v) is 8.98. The summed E-state index contributed by atoms with van der Waals surface area (Å²) in [6.45, 7) is 2.75. The second-order valence-electron chi connectivity index (χ2n) is 7.01. The minimum absolute atomic E-state index is 0.144. The number of amides is 1. The Hall–Kier alpha value is -3.32. The number of ether oxygens (including phenoxy) is 1. The lowest BCUT2D eigenvalue weighted by Crippen LogP contribution is -2.26. The Morgan fingerprint density at radius 2 is 1.58 bits per heavy atom. The molecule has 0 saturated carbocycles. The smallest absolute Gasteiger partial charge is 0.264 e. The van der Waals surface area contributed by atoms with E-state index in [0.717, 1.165) is 18.6 Å². The maximum atomic E-state index is 12.8. The van der Waals surface area contributed by atoms with Gasteiger partial charge in [0, 0.05) is 18.3 Å². The van der Waals surface area contributed by atoms with E-state index in [0.29, 0.717) is 23.5 Å². The van der Waals surface area contributed by atoms with Crippen molar-refractivity contribution in [3.8, 4) is 5.75 Å². The third kappa shape index (κ3) is 5.64. The second kappa shape index (κ2) is 10.1. The van der Waals surface area contributed by atoms with Gasteiger partial charge < -0.3 is 10.1 Å². The highest BCUT2D eigenvalue weighted by Crippen LogP contribution is 2.23. The highest BCUT2D eigenvalue weighted by molar-refractivity contribution is 7.92. The van der Waals surface area contributed by atoms with E-state index in [9.17, 15) is 13.2 Å². The van der Waals surface area contributed by atoms with E-state index in [1.165, 1.54) is 23.5 Å². The Bertz CT molecular complexity index is 1100. The molecule has 0 aromatic heterocycles. The third-order valence-electron chi connectivity index (χ3n) is 4.77. The van der Waals surface area contributed by atoms with E-state index in [2.05, 4.69) is 12.2 Å². The zero-order chi connectivity index (χ0) is 22.3. The van der Waals surface area contributed by atoms with Crippen molar-refractivity contribution in [2.45, 2.75) is 24.7 Å². The Morgan fingerprint density at radius 1 is 0.935 bits per heavy atom. The minimum Gasteiger partial charge on any atom is -0.494 e. The van der Waals surface area contributed by atoms with Gasteiger partial charge in [-0.2, -0.15) is 0 Å². The van der Waals surface area contributed by atoms with Crippen LogP contribution in [0.2, 0.25) is 0 Å². The molecule has 162 valence electrons. The lowest BCUT2D eigenvalue weighted by molar-refractivity contribution is 0.102. The van der Waals surface area contributed by atoms with Crippen molar-refractivity contribution >= 4 is 27.3 Å². The summed E-state index contributed by atoms with van der Waals surface area (Å²) in [5.74, 6) is 0.444. The number of benzene rings is 3. The Labute approximate surface area is 183 Å². The molecule has 0 saturated heterocycles. The largest absolute Gasteiger partial charge is 0.494 e. The molecule has 0 aliphatic heterocycles. The normalized spacial score (nSPS) is 11.0. The number of hydrogen-bond acceptors (Lipinski definition) is 4. The Kier molecular flexibility index (Phi) is 7.31. The molecule has 3 aromatic carbocycles. The number of anilines is 2. The van der Waals surface area contributed by atoms with Crippen LogP contribution in [0.25, 0.3) is 0 Å². The van der Waals surface area contributed by atoms with E-state index >= 15 is 0 Å². The number of carbonyl (C=O) groups is 1. The monoisotopic (exact) mass is 438 g/mol. The number of carbonyl (C=O) groups excluding carboxylic acids is 1. The van der Waals surface area contributed by atoms with Crippen LogP contribution in [-0.4, -0.2) is 28.0 Å². The maximum absolute atomic E-state index is 12.8. The molecule has 1 amide bonds. The molecule has 0 atom stereocenters. The molecule has 0 aliphatic rings. The van der Waals surface area contributed by atoms with Gasteiger partial charge >= 0.3 is 0 Å². The molecule has 0 unspecified atom stereocenters. The fraction of sp³-hybridized carbons (Fsp3) is 0.208. The van der Waals surface area contributed by atoms with Crippen LogP contribution in [0, 0.1) is 0 Å². The minimum atomic E-state index is -3.70. The van der Waals surface area contributed by atoms with Crippen molar-refractivity contribution in [2.24, 2.45) is 0 Å². The van der Waals surface area contributed by atoms with Crippen LogP contribution in [0.3, 0.4) is 0 Å². The highest BCUT2D eigenvalue weighted by Gasteiger charge is 2.21. The molecular formula is C24H26N2O4S. The topological polar surface area (TPSA) is 75.7 Å². The van der Waals surface area contributed by atoms with Crippen LogP contribution in [0.15, 0.2) is 83.8 Å². The maximum Gasteiger partial charge on any atom is 0.264 e. The number of unbranched alkanes of at least 4 members (excludes halogenated alkanes) is 1. The summed E-state index contributed by atoms with van der Waals surface area (Å²) in [4.78, 5) is 12.6. The van der Waals surface area contributed by atoms with Gasteiger partial charge in [0.25, 0.3) is 15.9 Å². The molecule has 0 spiro atoms. The zero-order valence-corrected chi connectivity index (χ0v) is 18.4. The number of hydrogen-bond donors (Lipinski definition) is 1. The Balaban J connectivity index is 1.65. The fourth-order valence-electron chi connectivity index (χ4n) is 2.89. The van der Waals surface area contributed by atoms with E-state index in [4.69, 9.17) is 4.74 Å². The third-order valence-corrected chi connectivity index (χ3v) is 6.57. The molecule has 3 rings (SSSR count). The zero-order valence-electron chi connectivity index (χ0n) is 17.6. The Morgan fingerprint density at radius 3 is 2.19 bits per heavy atom. The van der Waals surface area contributed by atoms with Crippen LogP contribution in [0.4, 0.5) is 11.4 Å². The average Bonchev–Trinajstić information content (AvgIpc) is 2.80. The molecule has 0 aliphatic carbocycles. The SMILES string of the molecule is CCCCOc1ccc(C(=O)Nc2ccc(S(=O)(=O)N(C)c3ccccc3)cc2)cc1. The summed E-state index contributed by atoms with van der Waals surface area (Å²) in [7, 11) is -2.19. The average molecular weight is 439 g/mol. The van der Waals surface area contributed by atoms with Crippen molar-refractivity contribution in [3.63, 3.8) is 0 Å². The molecule has 0 heterocycles. The summed E-state index contributed by atoms with van der Waals surface area (Å²) < 4.78 is 32.5. The highest BCUT2D eigenvalue weighted by atomic mass is 32.2. The van der Waals surface area contributed by atoms with Crippen LogP contribution in [0.1, 0.15) is 30.1 Å². The van der Waals surface area contributed by atoms with Gasteiger partial charge in [-0.3, -0.25) is 9.10 Å². The summed E-state index contributed by atoms with van der Waals surface area (Å²) in [6, 6.07) is 21.9. The molecule has 31 heavy (non-hydrogen) atoms. The summed E-state index contributed by atoms with van der Waals surface area (Å²) in [5, 5.41) is 2.78. The quantitative estimate of drug-likeness (QED) is 0.480. The number of rotatable bonds is 9. The lowest BCUT2D eigenvalue weighted by Gasteiger charge is -2.19. The van der Waals surface area contributed by atoms with Crippen molar-refractivity contribution in [1.82, 2.24) is 0 Å². The first kappa shape index (κ1) is 22.4. The first-order chi connectivity index (χ1) is 14.9.